The zero-order valence-corrected chi connectivity index (χ0v) is 22.9. The summed E-state index contributed by atoms with van der Waals surface area (Å²) in [6.45, 7) is 5.59. The Morgan fingerprint density at radius 2 is 1.74 bits per heavy atom. The van der Waals surface area contributed by atoms with Gasteiger partial charge in [0.2, 0.25) is 24.5 Å². The second-order valence-corrected chi connectivity index (χ2v) is 11.4. The van der Waals surface area contributed by atoms with Gasteiger partial charge >= 0.3 is 0 Å². The van der Waals surface area contributed by atoms with Crippen LogP contribution in [-0.4, -0.2) is 52.3 Å². The number of rotatable bonds is 9. The van der Waals surface area contributed by atoms with Crippen LogP contribution < -0.4 is 25.0 Å². The molecule has 1 aliphatic carbocycles. The Morgan fingerprint density at radius 3 is 2.50 bits per heavy atom. The lowest BCUT2D eigenvalue weighted by Gasteiger charge is -2.32. The number of nitrogens with one attached hydrogen (secondary N) is 2. The highest BCUT2D eigenvalue weighted by molar-refractivity contribution is 7.86. The number of carbonyl (C=O) groups is 3. The van der Waals surface area contributed by atoms with E-state index in [1.807, 2.05) is 32.0 Å². The molecule has 38 heavy (non-hydrogen) atoms. The van der Waals surface area contributed by atoms with Crippen LogP contribution in [-0.2, 0) is 25.2 Å². The van der Waals surface area contributed by atoms with Crippen molar-refractivity contribution in [1.29, 1.82) is 0 Å². The molecule has 1 aliphatic heterocycles. The summed E-state index contributed by atoms with van der Waals surface area (Å²) < 4.78 is 23.5. The molecule has 1 saturated carbocycles. The molecule has 2 N–H and O–H groups in total. The Labute approximate surface area is 225 Å². The molecule has 10 heteroatoms. The number of hydrogen-bond acceptors (Lipinski definition) is 6. The monoisotopic (exact) mass is 541 g/mol. The molecule has 0 saturated heterocycles. The molecule has 3 amide bonds. The van der Waals surface area contributed by atoms with E-state index in [1.54, 1.807) is 25.1 Å². The zero-order chi connectivity index (χ0) is 27.2. The summed E-state index contributed by atoms with van der Waals surface area (Å²) in [6, 6.07) is 9.96. The highest BCUT2D eigenvalue weighted by atomic mass is 32.2. The van der Waals surface area contributed by atoms with Gasteiger partial charge in [0.25, 0.3) is 0 Å². The molecule has 2 aliphatic rings. The van der Waals surface area contributed by atoms with E-state index in [-0.39, 0.29) is 30.2 Å². The van der Waals surface area contributed by atoms with Crippen LogP contribution in [0.5, 0.6) is 11.5 Å². The summed E-state index contributed by atoms with van der Waals surface area (Å²) >= 11 is 0. The minimum Gasteiger partial charge on any atom is -0.454 e. The second kappa shape index (κ2) is 12.4. The highest BCUT2D eigenvalue weighted by Gasteiger charge is 2.31. The van der Waals surface area contributed by atoms with Crippen molar-refractivity contribution in [3.8, 4) is 11.5 Å². The predicted octanol–water partition coefficient (Wildman–Crippen LogP) is 3.59. The largest absolute Gasteiger partial charge is 0.454 e. The molecule has 0 aromatic heterocycles. The molecule has 4 rings (SSSR count). The molecule has 204 valence electrons. The van der Waals surface area contributed by atoms with Crippen LogP contribution in [0.25, 0.3) is 0 Å². The third kappa shape index (κ3) is 6.92. The van der Waals surface area contributed by atoms with E-state index in [0.717, 1.165) is 36.8 Å². The van der Waals surface area contributed by atoms with Gasteiger partial charge < -0.3 is 20.1 Å². The molecule has 0 radical (unpaired) electrons. The lowest BCUT2D eigenvalue weighted by atomic mass is 9.95. The fraction of sp³-hybridized carbons (Fsp3) is 0.464. The molecule has 1 fully saturated rings. The normalized spacial score (nSPS) is 16.4. The van der Waals surface area contributed by atoms with Crippen LogP contribution in [0.4, 0.5) is 11.4 Å². The van der Waals surface area contributed by atoms with Gasteiger partial charge in [-0.2, -0.15) is 0 Å². The lowest BCUT2D eigenvalue weighted by molar-refractivity contribution is -0.126. The average molecular weight is 542 g/mol. The molecule has 2 aromatic rings. The van der Waals surface area contributed by atoms with Crippen LogP contribution in [0.15, 0.2) is 36.4 Å². The Morgan fingerprint density at radius 1 is 1.00 bits per heavy atom. The Balaban J connectivity index is 1.43. The molecular formula is C28H35N3O6S. The van der Waals surface area contributed by atoms with Gasteiger partial charge in [0.15, 0.2) is 11.5 Å². The highest BCUT2D eigenvalue weighted by Crippen LogP contribution is 2.34. The van der Waals surface area contributed by atoms with Crippen LogP contribution in [0.1, 0.15) is 50.2 Å². The molecule has 0 bridgehead atoms. The quantitative estimate of drug-likeness (QED) is 0.502. The number of fused-ring (bicyclic) bond motifs is 1. The fourth-order valence-corrected chi connectivity index (χ4v) is 5.68. The van der Waals surface area contributed by atoms with Gasteiger partial charge in [0, 0.05) is 34.3 Å². The topological polar surface area (TPSA) is 114 Å². The first-order valence-corrected chi connectivity index (χ1v) is 14.4. The summed E-state index contributed by atoms with van der Waals surface area (Å²) in [7, 11) is -1.79. The van der Waals surface area contributed by atoms with E-state index in [2.05, 4.69) is 10.6 Å². The van der Waals surface area contributed by atoms with Crippen molar-refractivity contribution in [2.45, 2.75) is 65.0 Å². The van der Waals surface area contributed by atoms with Crippen LogP contribution in [0.3, 0.4) is 0 Å². The third-order valence-electron chi connectivity index (χ3n) is 6.84. The SMILES string of the molecule is Cc1ccc(C)c(N(C(=O)C[S@](=O)CC(=O)Nc2ccc3c(c2)OCO3)[C@H](C)C(=O)NC2CCCCC2)c1. The summed E-state index contributed by atoms with van der Waals surface area (Å²) in [4.78, 5) is 40.7. The second-order valence-electron chi connectivity index (χ2n) is 9.92. The lowest BCUT2D eigenvalue weighted by Crippen LogP contribution is -2.52. The molecule has 9 nitrogen and oxygen atoms in total. The average Bonchev–Trinajstić information content (AvgIpc) is 3.34. The number of anilines is 2. The van der Waals surface area contributed by atoms with Crippen molar-refractivity contribution in [3.05, 3.63) is 47.5 Å². The Kier molecular flexibility index (Phi) is 9.04. The maximum atomic E-state index is 13.5. The van der Waals surface area contributed by atoms with E-state index < -0.39 is 28.7 Å². The van der Waals surface area contributed by atoms with Crippen LogP contribution >= 0.6 is 0 Å². The number of nitrogens with zero attached hydrogens (tertiary/aromatic N) is 1. The van der Waals surface area contributed by atoms with Gasteiger partial charge in [-0.1, -0.05) is 31.4 Å². The van der Waals surface area contributed by atoms with Crippen molar-refractivity contribution in [2.75, 3.05) is 28.5 Å². The molecule has 0 unspecified atom stereocenters. The molecule has 1 heterocycles. The number of hydrogen-bond donors (Lipinski definition) is 2. The van der Waals surface area contributed by atoms with E-state index in [4.69, 9.17) is 9.47 Å². The van der Waals surface area contributed by atoms with Crippen molar-refractivity contribution in [3.63, 3.8) is 0 Å². The molecule has 0 spiro atoms. The standard InChI is InChI=1S/C28H35N3O6S/c1-18-9-10-19(2)23(13-18)31(20(3)28(34)30-21-7-5-4-6-8-21)27(33)16-38(35)15-26(32)29-22-11-12-24-25(14-22)37-17-36-24/h9-14,20-21H,4-8,15-17H2,1-3H3,(H,29,32)(H,30,34)/t20-,38-/m1/s1. The van der Waals surface area contributed by atoms with Gasteiger partial charge in [-0.3, -0.25) is 23.5 Å². The molecule has 2 atom stereocenters. The van der Waals surface area contributed by atoms with Gasteiger partial charge in [0.05, 0.1) is 0 Å². The first-order chi connectivity index (χ1) is 18.2. The van der Waals surface area contributed by atoms with Gasteiger partial charge in [-0.05, 0) is 62.9 Å². The van der Waals surface area contributed by atoms with E-state index in [9.17, 15) is 18.6 Å². The van der Waals surface area contributed by atoms with E-state index >= 15 is 0 Å². The van der Waals surface area contributed by atoms with Crippen LogP contribution in [0, 0.1) is 13.8 Å². The first kappa shape index (κ1) is 27.6. The summed E-state index contributed by atoms with van der Waals surface area (Å²) in [5.41, 5.74) is 2.84. The summed E-state index contributed by atoms with van der Waals surface area (Å²) in [6.07, 6.45) is 5.18. The number of aryl methyl sites for hydroxylation is 2. The third-order valence-corrected chi connectivity index (χ3v) is 8.00. The Bertz CT molecular complexity index is 1230. The minimum absolute atomic E-state index is 0.100. The summed E-state index contributed by atoms with van der Waals surface area (Å²) in [5.74, 6) is -0.839. The van der Waals surface area contributed by atoms with Gasteiger partial charge in [-0.25, -0.2) is 0 Å². The maximum absolute atomic E-state index is 13.5. The van der Waals surface area contributed by atoms with E-state index in [1.165, 1.54) is 11.3 Å². The van der Waals surface area contributed by atoms with Crippen LogP contribution in [0.2, 0.25) is 0 Å². The molecule has 2 aromatic carbocycles. The fourth-order valence-electron chi connectivity index (χ4n) is 4.80. The maximum Gasteiger partial charge on any atom is 0.243 e. The van der Waals surface area contributed by atoms with E-state index in [0.29, 0.717) is 22.9 Å². The number of carbonyl (C=O) groups excluding carboxylic acids is 3. The van der Waals surface area contributed by atoms with Crippen molar-refractivity contribution >= 4 is 39.9 Å². The minimum atomic E-state index is -1.79. The number of ether oxygens (including phenoxy) is 2. The zero-order valence-electron chi connectivity index (χ0n) is 22.1. The van der Waals surface area contributed by atoms with Crippen molar-refractivity contribution in [1.82, 2.24) is 5.32 Å². The first-order valence-electron chi connectivity index (χ1n) is 13.0. The van der Waals surface area contributed by atoms with Crippen molar-refractivity contribution in [2.24, 2.45) is 0 Å². The number of benzene rings is 2. The Hall–Kier alpha value is -3.40. The van der Waals surface area contributed by atoms with Crippen molar-refractivity contribution < 1.29 is 28.1 Å². The predicted molar refractivity (Wildman–Crippen MR) is 147 cm³/mol. The van der Waals surface area contributed by atoms with Gasteiger partial charge in [-0.15, -0.1) is 0 Å². The number of amides is 3. The smallest absolute Gasteiger partial charge is 0.243 e. The summed E-state index contributed by atoms with van der Waals surface area (Å²) in [5, 5.41) is 5.78. The van der Waals surface area contributed by atoms with Gasteiger partial charge in [0.1, 0.15) is 17.5 Å². The molecular weight excluding hydrogens is 506 g/mol.